The minimum absolute atomic E-state index is 0.0617. The summed E-state index contributed by atoms with van der Waals surface area (Å²) in [7, 11) is 0. The second-order valence-electron chi connectivity index (χ2n) is 2.36. The van der Waals surface area contributed by atoms with Crippen molar-refractivity contribution in [3.05, 3.63) is 12.7 Å². The minimum Gasteiger partial charge on any atom is -0.459 e. The van der Waals surface area contributed by atoms with Crippen molar-refractivity contribution < 1.29 is 13.9 Å². The van der Waals surface area contributed by atoms with Crippen molar-refractivity contribution in [2.24, 2.45) is 0 Å². The highest BCUT2D eigenvalue weighted by Crippen LogP contribution is 2.09. The van der Waals surface area contributed by atoms with Crippen LogP contribution in [0, 0.1) is 0 Å². The van der Waals surface area contributed by atoms with Gasteiger partial charge < -0.3 is 4.74 Å². The van der Waals surface area contributed by atoms with E-state index < -0.39 is 11.6 Å². The van der Waals surface area contributed by atoms with Crippen molar-refractivity contribution in [1.82, 2.24) is 0 Å². The van der Waals surface area contributed by atoms with Crippen molar-refractivity contribution in [3.63, 3.8) is 0 Å². The van der Waals surface area contributed by atoms with Crippen LogP contribution in [0.25, 0.3) is 0 Å². The van der Waals surface area contributed by atoms with Gasteiger partial charge in [0.2, 0.25) is 5.67 Å². The third-order valence-electron chi connectivity index (χ3n) is 0.818. The van der Waals surface area contributed by atoms with E-state index in [0.717, 1.165) is 13.8 Å². The summed E-state index contributed by atoms with van der Waals surface area (Å²) in [6.45, 7) is 5.68. The Bertz CT molecular complexity index is 135. The van der Waals surface area contributed by atoms with Crippen LogP contribution in [0.15, 0.2) is 12.7 Å². The summed E-state index contributed by atoms with van der Waals surface area (Å²) in [6, 6.07) is 0. The predicted octanol–water partition coefficient (Wildman–Crippen LogP) is 1.46. The highest BCUT2D eigenvalue weighted by atomic mass is 19.1. The van der Waals surface area contributed by atoms with Crippen molar-refractivity contribution in [2.75, 3.05) is 6.61 Å². The zero-order chi connectivity index (χ0) is 8.20. The molecule has 0 aliphatic heterocycles. The van der Waals surface area contributed by atoms with Crippen molar-refractivity contribution in [3.8, 4) is 0 Å². The molecule has 0 radical (unpaired) electrons. The Morgan fingerprint density at radius 2 is 2.30 bits per heavy atom. The fraction of sp³-hybridized carbons (Fsp3) is 0.571. The molecule has 0 aromatic carbocycles. The van der Waals surface area contributed by atoms with Crippen LogP contribution in [0.5, 0.6) is 0 Å². The van der Waals surface area contributed by atoms with Crippen LogP contribution in [-0.2, 0) is 9.53 Å². The van der Waals surface area contributed by atoms with Gasteiger partial charge in [-0.2, -0.15) is 0 Å². The molecule has 0 aliphatic carbocycles. The Kier molecular flexibility index (Phi) is 3.06. The van der Waals surface area contributed by atoms with Crippen LogP contribution < -0.4 is 0 Å². The molecule has 0 saturated carbocycles. The minimum atomic E-state index is -1.90. The van der Waals surface area contributed by atoms with E-state index >= 15 is 0 Å². The summed E-state index contributed by atoms with van der Waals surface area (Å²) in [5.74, 6) is -0.854. The monoisotopic (exact) mass is 146 g/mol. The van der Waals surface area contributed by atoms with E-state index in [0.29, 0.717) is 0 Å². The molecule has 10 heavy (non-hydrogen) atoms. The van der Waals surface area contributed by atoms with Gasteiger partial charge in [-0.3, -0.25) is 0 Å². The lowest BCUT2D eigenvalue weighted by atomic mass is 10.2. The number of rotatable bonds is 3. The maximum atomic E-state index is 12.6. The van der Waals surface area contributed by atoms with Crippen LogP contribution in [0.2, 0.25) is 0 Å². The molecule has 3 heteroatoms. The van der Waals surface area contributed by atoms with Crippen LogP contribution in [-0.4, -0.2) is 18.2 Å². The lowest BCUT2D eigenvalue weighted by molar-refractivity contribution is -0.154. The number of hydrogen-bond donors (Lipinski definition) is 0. The standard InChI is InChI=1S/C7H11FO2/c1-4-5-10-6(9)7(2,3)8/h4H,1,5H2,2-3H3. The van der Waals surface area contributed by atoms with Gasteiger partial charge >= 0.3 is 5.97 Å². The molecule has 58 valence electrons. The van der Waals surface area contributed by atoms with Gasteiger partial charge in [0.15, 0.2) is 0 Å². The third kappa shape index (κ3) is 3.22. The fourth-order valence-electron chi connectivity index (χ4n) is 0.306. The summed E-state index contributed by atoms with van der Waals surface area (Å²) in [5.41, 5.74) is -1.90. The molecule has 0 spiro atoms. The summed E-state index contributed by atoms with van der Waals surface area (Å²) < 4.78 is 17.0. The molecule has 0 aromatic heterocycles. The van der Waals surface area contributed by atoms with Gasteiger partial charge in [-0.1, -0.05) is 12.7 Å². The molecule has 0 amide bonds. The number of alkyl halides is 1. The topological polar surface area (TPSA) is 26.3 Å². The highest BCUT2D eigenvalue weighted by Gasteiger charge is 2.27. The normalized spacial score (nSPS) is 10.7. The summed E-state index contributed by atoms with van der Waals surface area (Å²) in [4.78, 5) is 10.6. The molecule has 0 atom stereocenters. The average Bonchev–Trinajstić information content (AvgIpc) is 1.80. The molecule has 0 unspecified atom stereocenters. The van der Waals surface area contributed by atoms with Crippen LogP contribution in [0.3, 0.4) is 0 Å². The maximum absolute atomic E-state index is 12.6. The third-order valence-corrected chi connectivity index (χ3v) is 0.818. The fourth-order valence-corrected chi connectivity index (χ4v) is 0.306. The van der Waals surface area contributed by atoms with Gasteiger partial charge in [0.05, 0.1) is 0 Å². The van der Waals surface area contributed by atoms with E-state index in [1.54, 1.807) is 0 Å². The molecular formula is C7H11FO2. The lowest BCUT2D eigenvalue weighted by Gasteiger charge is -2.11. The number of ether oxygens (including phenoxy) is 1. The molecule has 0 saturated heterocycles. The quantitative estimate of drug-likeness (QED) is 0.445. The largest absolute Gasteiger partial charge is 0.459 e. The second kappa shape index (κ2) is 3.34. The van der Waals surface area contributed by atoms with Crippen LogP contribution >= 0.6 is 0 Å². The molecule has 0 bridgehead atoms. The first kappa shape index (κ1) is 9.14. The smallest absolute Gasteiger partial charge is 0.343 e. The van der Waals surface area contributed by atoms with Crippen molar-refractivity contribution >= 4 is 5.97 Å². The first-order valence-electron chi connectivity index (χ1n) is 2.95. The van der Waals surface area contributed by atoms with Gasteiger partial charge in [-0.05, 0) is 13.8 Å². The number of esters is 1. The van der Waals surface area contributed by atoms with Crippen molar-refractivity contribution in [1.29, 1.82) is 0 Å². The number of hydrogen-bond acceptors (Lipinski definition) is 2. The van der Waals surface area contributed by atoms with E-state index in [1.165, 1.54) is 6.08 Å². The van der Waals surface area contributed by atoms with Gasteiger partial charge in [-0.15, -0.1) is 0 Å². The van der Waals surface area contributed by atoms with Gasteiger partial charge in [0.1, 0.15) is 6.61 Å². The summed E-state index contributed by atoms with van der Waals surface area (Å²) in [6.07, 6.45) is 1.39. The molecule has 0 heterocycles. The van der Waals surface area contributed by atoms with E-state index in [4.69, 9.17) is 0 Å². The maximum Gasteiger partial charge on any atom is 0.343 e. The Morgan fingerprint density at radius 1 is 1.80 bits per heavy atom. The lowest BCUT2D eigenvalue weighted by Crippen LogP contribution is -2.28. The van der Waals surface area contributed by atoms with E-state index in [2.05, 4.69) is 11.3 Å². The zero-order valence-electron chi connectivity index (χ0n) is 6.19. The zero-order valence-corrected chi connectivity index (χ0v) is 6.19. The number of carbonyl (C=O) groups is 1. The Morgan fingerprint density at radius 3 is 2.60 bits per heavy atom. The Labute approximate surface area is 59.7 Å². The number of carbonyl (C=O) groups excluding carboxylic acids is 1. The average molecular weight is 146 g/mol. The summed E-state index contributed by atoms with van der Waals surface area (Å²) in [5, 5.41) is 0. The van der Waals surface area contributed by atoms with Gasteiger partial charge in [0, 0.05) is 0 Å². The van der Waals surface area contributed by atoms with E-state index in [9.17, 15) is 9.18 Å². The van der Waals surface area contributed by atoms with E-state index in [-0.39, 0.29) is 6.61 Å². The highest BCUT2D eigenvalue weighted by molar-refractivity contribution is 5.78. The van der Waals surface area contributed by atoms with Gasteiger partial charge in [-0.25, -0.2) is 9.18 Å². The molecule has 2 nitrogen and oxygen atoms in total. The molecular weight excluding hydrogens is 135 g/mol. The SMILES string of the molecule is C=CCOC(=O)C(C)(C)F. The number of halogens is 1. The van der Waals surface area contributed by atoms with Crippen LogP contribution in [0.4, 0.5) is 4.39 Å². The molecule has 0 fully saturated rings. The predicted molar refractivity (Wildman–Crippen MR) is 36.3 cm³/mol. The molecule has 0 N–H and O–H groups in total. The molecule has 0 rings (SSSR count). The molecule has 0 aromatic rings. The Hall–Kier alpha value is -0.860. The second-order valence-corrected chi connectivity index (χ2v) is 2.36. The first-order valence-corrected chi connectivity index (χ1v) is 2.95. The first-order chi connectivity index (χ1) is 4.48. The van der Waals surface area contributed by atoms with Crippen molar-refractivity contribution in [2.45, 2.75) is 19.5 Å². The molecule has 0 aliphatic rings. The Balaban J connectivity index is 3.74. The van der Waals surface area contributed by atoms with Gasteiger partial charge in [0.25, 0.3) is 0 Å². The van der Waals surface area contributed by atoms with E-state index in [1.807, 2.05) is 0 Å². The summed E-state index contributed by atoms with van der Waals surface area (Å²) >= 11 is 0. The van der Waals surface area contributed by atoms with Crippen LogP contribution in [0.1, 0.15) is 13.8 Å².